The van der Waals surface area contributed by atoms with Gasteiger partial charge in [-0.05, 0) is 6.26 Å². The maximum atomic E-state index is 11.3. The third kappa shape index (κ3) is 2.45. The maximum Gasteiger partial charge on any atom is 0.341 e. The Labute approximate surface area is 94.6 Å². The van der Waals surface area contributed by atoms with Crippen molar-refractivity contribution in [1.29, 1.82) is 0 Å². The van der Waals surface area contributed by atoms with E-state index in [0.717, 1.165) is 0 Å². The monoisotopic (exact) mass is 276 g/mol. The van der Waals surface area contributed by atoms with Crippen LogP contribution in [0.5, 0.6) is 0 Å². The van der Waals surface area contributed by atoms with Gasteiger partial charge in [0.1, 0.15) is 5.56 Å². The Bertz CT molecular complexity index is 346. The molecule has 14 heavy (non-hydrogen) atoms. The minimum absolute atomic E-state index is 0.405. The van der Waals surface area contributed by atoms with Crippen LogP contribution in [0, 0.1) is 0 Å². The predicted octanol–water partition coefficient (Wildman–Crippen LogP) is 1.88. The summed E-state index contributed by atoms with van der Waals surface area (Å²) in [6, 6.07) is 0. The van der Waals surface area contributed by atoms with E-state index in [2.05, 4.69) is 30.6 Å². The van der Waals surface area contributed by atoms with Crippen molar-refractivity contribution in [2.45, 2.75) is 10.5 Å². The van der Waals surface area contributed by atoms with Crippen molar-refractivity contribution in [2.75, 3.05) is 13.4 Å². The highest BCUT2D eigenvalue weighted by atomic mass is 79.9. The fraction of sp³-hybridized carbons (Fsp3) is 0.375. The highest BCUT2D eigenvalue weighted by Crippen LogP contribution is 2.15. The molecule has 1 heterocycles. The lowest BCUT2D eigenvalue weighted by Gasteiger charge is -2.04. The second kappa shape index (κ2) is 5.31. The van der Waals surface area contributed by atoms with Crippen LogP contribution in [0.4, 0.5) is 0 Å². The zero-order valence-corrected chi connectivity index (χ0v) is 10.2. The molecule has 0 unspecified atom stereocenters. The molecule has 0 saturated carbocycles. The standard InChI is InChI=1S/C8H9BrN2O2S/c1-13-7(12)5-4-10-8(14-2)11-6(5)3-9/h4H,3H2,1-2H3. The Kier molecular flexibility index (Phi) is 4.34. The molecule has 0 radical (unpaired) electrons. The van der Waals surface area contributed by atoms with Crippen molar-refractivity contribution >= 4 is 33.7 Å². The molecular formula is C8H9BrN2O2S. The van der Waals surface area contributed by atoms with Crippen molar-refractivity contribution in [3.05, 3.63) is 17.5 Å². The molecule has 1 aromatic heterocycles. The highest BCUT2D eigenvalue weighted by molar-refractivity contribution is 9.08. The molecule has 0 bridgehead atoms. The van der Waals surface area contributed by atoms with E-state index in [1.807, 2.05) is 6.26 Å². The number of carbonyl (C=O) groups is 1. The summed E-state index contributed by atoms with van der Waals surface area (Å²) in [5, 5.41) is 1.15. The van der Waals surface area contributed by atoms with Crippen LogP contribution in [0.15, 0.2) is 11.4 Å². The van der Waals surface area contributed by atoms with Gasteiger partial charge in [0.05, 0.1) is 12.8 Å². The quantitative estimate of drug-likeness (QED) is 0.365. The molecule has 1 aromatic rings. The normalized spacial score (nSPS) is 9.93. The van der Waals surface area contributed by atoms with Crippen LogP contribution in [0.1, 0.15) is 16.1 Å². The first kappa shape index (κ1) is 11.5. The second-order valence-electron chi connectivity index (χ2n) is 2.34. The van der Waals surface area contributed by atoms with Gasteiger partial charge in [-0.1, -0.05) is 27.7 Å². The number of hydrogen-bond acceptors (Lipinski definition) is 5. The van der Waals surface area contributed by atoms with Gasteiger partial charge in [-0.3, -0.25) is 0 Å². The average molecular weight is 277 g/mol. The SMILES string of the molecule is COC(=O)c1cnc(SC)nc1CBr. The van der Waals surface area contributed by atoms with Crippen molar-refractivity contribution in [2.24, 2.45) is 0 Å². The molecule has 0 atom stereocenters. The van der Waals surface area contributed by atoms with E-state index in [1.165, 1.54) is 25.1 Å². The molecule has 0 fully saturated rings. The highest BCUT2D eigenvalue weighted by Gasteiger charge is 2.13. The number of alkyl halides is 1. The van der Waals surface area contributed by atoms with E-state index >= 15 is 0 Å². The first-order valence-corrected chi connectivity index (χ1v) is 6.11. The van der Waals surface area contributed by atoms with Gasteiger partial charge in [0.25, 0.3) is 0 Å². The van der Waals surface area contributed by atoms with Crippen LogP contribution in [-0.4, -0.2) is 29.3 Å². The van der Waals surface area contributed by atoms with Crippen LogP contribution in [0.2, 0.25) is 0 Å². The largest absolute Gasteiger partial charge is 0.465 e. The summed E-state index contributed by atoms with van der Waals surface area (Å²) in [6.07, 6.45) is 3.37. The van der Waals surface area contributed by atoms with Crippen molar-refractivity contribution < 1.29 is 9.53 Å². The Morgan fingerprint density at radius 2 is 2.43 bits per heavy atom. The lowest BCUT2D eigenvalue weighted by Crippen LogP contribution is -2.08. The smallest absolute Gasteiger partial charge is 0.341 e. The number of thioether (sulfide) groups is 1. The predicted molar refractivity (Wildman–Crippen MR) is 57.8 cm³/mol. The van der Waals surface area contributed by atoms with Crippen LogP contribution in [-0.2, 0) is 10.1 Å². The molecule has 0 N–H and O–H groups in total. The number of nitrogens with zero attached hydrogens (tertiary/aromatic N) is 2. The van der Waals surface area contributed by atoms with Gasteiger partial charge in [-0.15, -0.1) is 0 Å². The summed E-state index contributed by atoms with van der Waals surface area (Å²) in [5.74, 6) is -0.410. The minimum atomic E-state index is -0.410. The van der Waals surface area contributed by atoms with E-state index in [4.69, 9.17) is 0 Å². The molecule has 0 aliphatic carbocycles. The molecule has 1 rings (SSSR count). The summed E-state index contributed by atoms with van der Waals surface area (Å²) in [6.45, 7) is 0. The lowest BCUT2D eigenvalue weighted by molar-refractivity contribution is 0.0598. The third-order valence-electron chi connectivity index (χ3n) is 1.56. The van der Waals surface area contributed by atoms with Gasteiger partial charge in [0.2, 0.25) is 0 Å². The fourth-order valence-corrected chi connectivity index (χ4v) is 1.67. The topological polar surface area (TPSA) is 52.1 Å². The first-order chi connectivity index (χ1) is 6.72. The number of halogens is 1. The minimum Gasteiger partial charge on any atom is -0.465 e. The van der Waals surface area contributed by atoms with Gasteiger partial charge in [-0.25, -0.2) is 14.8 Å². The van der Waals surface area contributed by atoms with Gasteiger partial charge in [0.15, 0.2) is 5.16 Å². The fourth-order valence-electron chi connectivity index (χ4n) is 0.880. The molecule has 0 spiro atoms. The van der Waals surface area contributed by atoms with Gasteiger partial charge >= 0.3 is 5.97 Å². The van der Waals surface area contributed by atoms with Crippen LogP contribution in [0.25, 0.3) is 0 Å². The maximum absolute atomic E-state index is 11.3. The van der Waals surface area contributed by atoms with E-state index in [0.29, 0.717) is 21.7 Å². The summed E-state index contributed by atoms with van der Waals surface area (Å²) in [4.78, 5) is 19.5. The van der Waals surface area contributed by atoms with E-state index < -0.39 is 5.97 Å². The van der Waals surface area contributed by atoms with Crippen molar-refractivity contribution in [3.8, 4) is 0 Å². The number of esters is 1. The van der Waals surface area contributed by atoms with E-state index in [-0.39, 0.29) is 0 Å². The number of hydrogen-bond donors (Lipinski definition) is 0. The molecule has 76 valence electrons. The van der Waals surface area contributed by atoms with Crippen molar-refractivity contribution in [1.82, 2.24) is 9.97 Å². The first-order valence-electron chi connectivity index (χ1n) is 3.77. The second-order valence-corrected chi connectivity index (χ2v) is 3.68. The summed E-state index contributed by atoms with van der Waals surface area (Å²) < 4.78 is 4.61. The van der Waals surface area contributed by atoms with Crippen molar-refractivity contribution in [3.63, 3.8) is 0 Å². The number of aromatic nitrogens is 2. The average Bonchev–Trinajstić information content (AvgIpc) is 2.27. The molecule has 0 aromatic carbocycles. The Morgan fingerprint density at radius 3 is 2.93 bits per heavy atom. The van der Waals surface area contributed by atoms with Crippen LogP contribution in [0.3, 0.4) is 0 Å². The van der Waals surface area contributed by atoms with Crippen LogP contribution >= 0.6 is 27.7 Å². The third-order valence-corrected chi connectivity index (χ3v) is 2.65. The van der Waals surface area contributed by atoms with E-state index in [9.17, 15) is 4.79 Å². The molecule has 0 aliphatic heterocycles. The zero-order valence-electron chi connectivity index (χ0n) is 7.78. The Hall–Kier alpha value is -0.620. The number of methoxy groups -OCH3 is 1. The molecule has 4 nitrogen and oxygen atoms in total. The molecule has 0 amide bonds. The Balaban J connectivity index is 3.11. The summed E-state index contributed by atoms with van der Waals surface area (Å²) >= 11 is 4.69. The molecule has 0 aliphatic rings. The molecule has 0 saturated heterocycles. The lowest BCUT2D eigenvalue weighted by atomic mass is 10.2. The number of rotatable bonds is 3. The Morgan fingerprint density at radius 1 is 1.71 bits per heavy atom. The molecular weight excluding hydrogens is 268 g/mol. The summed E-state index contributed by atoms with van der Waals surface area (Å²) in [5.41, 5.74) is 1.05. The number of ether oxygens (including phenoxy) is 1. The zero-order chi connectivity index (χ0) is 10.6. The van der Waals surface area contributed by atoms with Crippen LogP contribution < -0.4 is 0 Å². The van der Waals surface area contributed by atoms with Gasteiger partial charge < -0.3 is 4.74 Å². The van der Waals surface area contributed by atoms with Gasteiger partial charge in [0, 0.05) is 11.5 Å². The summed E-state index contributed by atoms with van der Waals surface area (Å²) in [7, 11) is 1.34. The van der Waals surface area contributed by atoms with E-state index in [1.54, 1.807) is 0 Å². The molecule has 6 heteroatoms. The number of carbonyl (C=O) groups excluding carboxylic acids is 1. The van der Waals surface area contributed by atoms with Gasteiger partial charge in [-0.2, -0.15) is 0 Å².